The number of fused-ring (bicyclic) bond motifs is 1. The smallest absolute Gasteiger partial charge is 0.324 e. The molecule has 2 heterocycles. The van der Waals surface area contributed by atoms with Gasteiger partial charge in [0.1, 0.15) is 11.2 Å². The molecule has 7 heteroatoms. The van der Waals surface area contributed by atoms with Crippen molar-refractivity contribution in [3.8, 4) is 0 Å². The lowest BCUT2D eigenvalue weighted by Gasteiger charge is -2.14. The Morgan fingerprint density at radius 2 is 1.71 bits per heavy atom. The highest BCUT2D eigenvalue weighted by atomic mass is 32.1. The molecular formula is C24H23N3O3S. The summed E-state index contributed by atoms with van der Waals surface area (Å²) in [5.41, 5.74) is 4.41. The largest absolute Gasteiger partial charge is 0.332 e. The van der Waals surface area contributed by atoms with Gasteiger partial charge in [-0.25, -0.2) is 4.79 Å². The van der Waals surface area contributed by atoms with Crippen LogP contribution < -0.4 is 16.6 Å². The minimum atomic E-state index is -0.492. The molecule has 4 rings (SSSR count). The first kappa shape index (κ1) is 20.8. The summed E-state index contributed by atoms with van der Waals surface area (Å²) in [6.45, 7) is 5.91. The third kappa shape index (κ3) is 4.09. The maximum absolute atomic E-state index is 13.3. The van der Waals surface area contributed by atoms with Crippen molar-refractivity contribution in [2.45, 2.75) is 33.9 Å². The van der Waals surface area contributed by atoms with Gasteiger partial charge < -0.3 is 5.32 Å². The monoisotopic (exact) mass is 433 g/mol. The van der Waals surface area contributed by atoms with Crippen LogP contribution in [0.15, 0.2) is 63.5 Å². The number of carbonyl (C=O) groups is 1. The molecule has 0 aliphatic heterocycles. The number of hydrogen-bond donors (Lipinski definition) is 1. The zero-order valence-corrected chi connectivity index (χ0v) is 18.5. The number of nitrogens with one attached hydrogen (secondary N) is 1. The van der Waals surface area contributed by atoms with Gasteiger partial charge in [0.25, 0.3) is 5.56 Å². The Balaban J connectivity index is 1.73. The highest BCUT2D eigenvalue weighted by molar-refractivity contribution is 7.17. The van der Waals surface area contributed by atoms with Crippen LogP contribution in [0.5, 0.6) is 0 Å². The van der Waals surface area contributed by atoms with Crippen LogP contribution in [0.4, 0.5) is 5.69 Å². The van der Waals surface area contributed by atoms with Crippen LogP contribution in [0.2, 0.25) is 0 Å². The number of carbonyl (C=O) groups excluding carboxylic acids is 1. The molecule has 2 aromatic heterocycles. The number of aryl methyl sites for hydroxylation is 3. The molecule has 0 fully saturated rings. The summed E-state index contributed by atoms with van der Waals surface area (Å²) in [5, 5.41) is 4.62. The Labute approximate surface area is 183 Å². The fourth-order valence-corrected chi connectivity index (χ4v) is 4.40. The number of benzene rings is 2. The van der Waals surface area contributed by atoms with Crippen molar-refractivity contribution in [3.63, 3.8) is 0 Å². The molecule has 1 amide bonds. The van der Waals surface area contributed by atoms with Gasteiger partial charge in [-0.05, 0) is 60.5 Å². The van der Waals surface area contributed by atoms with Crippen LogP contribution in [-0.4, -0.2) is 15.0 Å². The van der Waals surface area contributed by atoms with Gasteiger partial charge in [0, 0.05) is 5.69 Å². The Kier molecular flexibility index (Phi) is 5.61. The number of anilines is 1. The zero-order valence-electron chi connectivity index (χ0n) is 17.6. The van der Waals surface area contributed by atoms with E-state index in [4.69, 9.17) is 0 Å². The molecule has 0 saturated carbocycles. The molecule has 1 N–H and O–H groups in total. The van der Waals surface area contributed by atoms with E-state index in [1.807, 2.05) is 63.2 Å². The van der Waals surface area contributed by atoms with Crippen molar-refractivity contribution < 1.29 is 4.79 Å². The SMILES string of the molecule is Cc1ccc(Cn2c(=O)c3sccc3n(CC(=O)Nc3ccccc3C)c2=O)cc1C. The fourth-order valence-electron chi connectivity index (χ4n) is 3.56. The molecular weight excluding hydrogens is 410 g/mol. The topological polar surface area (TPSA) is 73.1 Å². The Hall–Kier alpha value is -3.45. The summed E-state index contributed by atoms with van der Waals surface area (Å²) < 4.78 is 3.05. The van der Waals surface area contributed by atoms with Gasteiger partial charge in [0.05, 0.1) is 12.1 Å². The molecule has 158 valence electrons. The summed E-state index contributed by atoms with van der Waals surface area (Å²) in [4.78, 5) is 39.0. The molecule has 0 bridgehead atoms. The highest BCUT2D eigenvalue weighted by Crippen LogP contribution is 2.17. The number of hydrogen-bond acceptors (Lipinski definition) is 4. The summed E-state index contributed by atoms with van der Waals surface area (Å²) in [7, 11) is 0. The second-order valence-corrected chi connectivity index (χ2v) is 8.59. The normalized spacial score (nSPS) is 11.1. The first-order valence-electron chi connectivity index (χ1n) is 9.97. The van der Waals surface area contributed by atoms with Crippen molar-refractivity contribution in [2.24, 2.45) is 0 Å². The van der Waals surface area contributed by atoms with Gasteiger partial charge in [-0.15, -0.1) is 11.3 Å². The van der Waals surface area contributed by atoms with Gasteiger partial charge in [-0.2, -0.15) is 0 Å². The van der Waals surface area contributed by atoms with E-state index in [0.29, 0.717) is 15.9 Å². The van der Waals surface area contributed by atoms with Crippen molar-refractivity contribution in [2.75, 3.05) is 5.32 Å². The summed E-state index contributed by atoms with van der Waals surface area (Å²) in [5.74, 6) is -0.319. The predicted octanol–water partition coefficient (Wildman–Crippen LogP) is 3.84. The lowest BCUT2D eigenvalue weighted by Crippen LogP contribution is -2.41. The highest BCUT2D eigenvalue weighted by Gasteiger charge is 2.17. The number of para-hydroxylation sites is 1. The molecule has 31 heavy (non-hydrogen) atoms. The number of nitrogens with zero attached hydrogens (tertiary/aromatic N) is 2. The molecule has 0 saturated heterocycles. The van der Waals surface area contributed by atoms with E-state index in [-0.39, 0.29) is 24.6 Å². The first-order valence-corrected chi connectivity index (χ1v) is 10.9. The number of aromatic nitrogens is 2. The minimum absolute atomic E-state index is 0.159. The number of amides is 1. The fraction of sp³-hybridized carbons (Fsp3) is 0.208. The predicted molar refractivity (Wildman–Crippen MR) is 125 cm³/mol. The molecule has 4 aromatic rings. The van der Waals surface area contributed by atoms with E-state index >= 15 is 0 Å². The molecule has 0 aliphatic carbocycles. The Morgan fingerprint density at radius 3 is 2.45 bits per heavy atom. The lowest BCUT2D eigenvalue weighted by molar-refractivity contribution is -0.116. The summed E-state index contributed by atoms with van der Waals surface area (Å²) in [6, 6.07) is 15.1. The molecule has 0 aliphatic rings. The molecule has 0 unspecified atom stereocenters. The van der Waals surface area contributed by atoms with Gasteiger partial charge in [-0.3, -0.25) is 18.7 Å². The van der Waals surface area contributed by atoms with Crippen molar-refractivity contribution >= 4 is 33.1 Å². The van der Waals surface area contributed by atoms with Crippen LogP contribution in [0.3, 0.4) is 0 Å². The van der Waals surface area contributed by atoms with E-state index in [0.717, 1.165) is 22.3 Å². The van der Waals surface area contributed by atoms with Gasteiger partial charge >= 0.3 is 5.69 Å². The second kappa shape index (κ2) is 8.35. The van der Waals surface area contributed by atoms with E-state index < -0.39 is 5.69 Å². The molecule has 0 atom stereocenters. The molecule has 0 radical (unpaired) electrons. The van der Waals surface area contributed by atoms with Crippen molar-refractivity contribution in [1.82, 2.24) is 9.13 Å². The lowest BCUT2D eigenvalue weighted by atomic mass is 10.1. The average Bonchev–Trinajstić information content (AvgIpc) is 3.23. The standard InChI is InChI=1S/C24H23N3O3S/c1-15-8-9-18(12-17(15)3)13-27-23(29)22-20(10-11-31-22)26(24(27)30)14-21(28)25-19-7-5-4-6-16(19)2/h4-12H,13-14H2,1-3H3,(H,25,28). The van der Waals surface area contributed by atoms with Crippen LogP contribution in [0.25, 0.3) is 10.2 Å². The van der Waals surface area contributed by atoms with E-state index in [1.54, 1.807) is 11.4 Å². The molecule has 2 aromatic carbocycles. The van der Waals surface area contributed by atoms with Crippen LogP contribution in [0.1, 0.15) is 22.3 Å². The van der Waals surface area contributed by atoms with Gasteiger partial charge in [0.15, 0.2) is 0 Å². The second-order valence-electron chi connectivity index (χ2n) is 7.68. The van der Waals surface area contributed by atoms with Crippen molar-refractivity contribution in [1.29, 1.82) is 0 Å². The number of thiophene rings is 1. The van der Waals surface area contributed by atoms with E-state index in [2.05, 4.69) is 5.32 Å². The van der Waals surface area contributed by atoms with Crippen LogP contribution >= 0.6 is 11.3 Å². The quantitative estimate of drug-likeness (QED) is 0.520. The Morgan fingerprint density at radius 1 is 0.935 bits per heavy atom. The minimum Gasteiger partial charge on any atom is -0.324 e. The summed E-state index contributed by atoms with van der Waals surface area (Å²) in [6.07, 6.45) is 0. The Bertz CT molecular complexity index is 1410. The molecule has 0 spiro atoms. The molecule has 6 nitrogen and oxygen atoms in total. The van der Waals surface area contributed by atoms with E-state index in [9.17, 15) is 14.4 Å². The van der Waals surface area contributed by atoms with Crippen LogP contribution in [0, 0.1) is 20.8 Å². The van der Waals surface area contributed by atoms with Gasteiger partial charge in [0.2, 0.25) is 5.91 Å². The average molecular weight is 434 g/mol. The third-order valence-electron chi connectivity index (χ3n) is 5.47. The van der Waals surface area contributed by atoms with Crippen molar-refractivity contribution in [3.05, 3.63) is 97.0 Å². The van der Waals surface area contributed by atoms with Crippen LogP contribution in [-0.2, 0) is 17.9 Å². The zero-order chi connectivity index (χ0) is 22.1. The maximum Gasteiger partial charge on any atom is 0.332 e. The third-order valence-corrected chi connectivity index (χ3v) is 6.36. The first-order chi connectivity index (χ1) is 14.8. The summed E-state index contributed by atoms with van der Waals surface area (Å²) >= 11 is 1.28. The van der Waals surface area contributed by atoms with Gasteiger partial charge in [-0.1, -0.05) is 36.4 Å². The number of rotatable bonds is 5. The maximum atomic E-state index is 13.3. The van der Waals surface area contributed by atoms with E-state index in [1.165, 1.54) is 20.5 Å².